The lowest BCUT2D eigenvalue weighted by atomic mass is 9.95. The molecule has 1 saturated heterocycles. The maximum atomic E-state index is 13.0. The Labute approximate surface area is 313 Å². The van der Waals surface area contributed by atoms with Crippen molar-refractivity contribution in [1.82, 2.24) is 40.8 Å². The number of amides is 6. The lowest BCUT2D eigenvalue weighted by Crippen LogP contribution is -2.65. The minimum Gasteiger partial charge on any atom is -0.445 e. The Bertz CT molecular complexity index is 1900. The van der Waals surface area contributed by atoms with Crippen LogP contribution in [0.15, 0.2) is 49.1 Å². The summed E-state index contributed by atoms with van der Waals surface area (Å²) in [5.74, 6) is -2.86. The fourth-order valence-corrected chi connectivity index (χ4v) is 5.70. The van der Waals surface area contributed by atoms with Gasteiger partial charge in [0.1, 0.15) is 48.8 Å². The van der Waals surface area contributed by atoms with E-state index < -0.39 is 84.9 Å². The van der Waals surface area contributed by atoms with Gasteiger partial charge in [0.25, 0.3) is 11.8 Å². The van der Waals surface area contributed by atoms with Gasteiger partial charge in [0.2, 0.25) is 17.7 Å². The van der Waals surface area contributed by atoms with Crippen LogP contribution >= 0.6 is 0 Å². The molecular weight excluding hydrogens is 724 g/mol. The SMILES string of the molecule is CC(C)[C@H](NC(=O)CCN1C(=O)C=CC1=O)C(=O)N[C@@H](C)C(=O)Nc1ccc(COC(=O)N[C@@H]2[C@@H](O)[C@H](O)[C@@H](Nc3ncnc4nc[nH]c34)O[C@H]2CO)cc1. The first-order chi connectivity index (χ1) is 26.2. The van der Waals surface area contributed by atoms with Gasteiger partial charge in [-0.1, -0.05) is 26.0 Å². The predicted molar refractivity (Wildman–Crippen MR) is 190 cm³/mol. The Balaban J connectivity index is 1.06. The molecule has 1 fully saturated rings. The van der Waals surface area contributed by atoms with Gasteiger partial charge in [-0.25, -0.2) is 19.7 Å². The summed E-state index contributed by atoms with van der Waals surface area (Å²) < 4.78 is 11.0. The van der Waals surface area contributed by atoms with Gasteiger partial charge in [-0.05, 0) is 30.5 Å². The van der Waals surface area contributed by atoms with E-state index in [1.165, 1.54) is 19.6 Å². The standard InChI is InChI=1S/C34H42N10O11/c1-16(2)24(41-21(46)10-11-44-22(47)8-9-23(44)48)32(52)39-17(3)31(51)40-19-6-4-18(5-7-19)13-54-34(53)42-25-20(12-45)55-33(28(50)27(25)49)43-30-26-29(36-14-35-26)37-15-38-30/h4-9,14-17,20,24-25,27-28,33,45,49-50H,10-13H2,1-3H3,(H,39,52)(H,40,51)(H,41,46)(H,42,53)(H2,35,36,37,38,43)/t17-,20-,24-,25-,27+,28-,33-/m0/s1. The zero-order valence-corrected chi connectivity index (χ0v) is 30.0. The molecule has 2 aliphatic rings. The summed E-state index contributed by atoms with van der Waals surface area (Å²) in [6, 6.07) is 3.01. The van der Waals surface area contributed by atoms with E-state index in [2.05, 4.69) is 46.5 Å². The number of aromatic amines is 1. The number of hydrogen-bond acceptors (Lipinski definition) is 15. The number of H-pyrrole nitrogens is 1. The summed E-state index contributed by atoms with van der Waals surface area (Å²) in [4.78, 5) is 90.4. The van der Waals surface area contributed by atoms with Crippen LogP contribution in [-0.4, -0.2) is 132 Å². The molecule has 2 aliphatic heterocycles. The number of imidazole rings is 1. The van der Waals surface area contributed by atoms with Gasteiger partial charge in [0.15, 0.2) is 17.7 Å². The normalized spacial score (nSPS) is 21.9. The molecule has 7 atom stereocenters. The van der Waals surface area contributed by atoms with Gasteiger partial charge in [0, 0.05) is 30.8 Å². The van der Waals surface area contributed by atoms with Crippen molar-refractivity contribution in [3.8, 4) is 0 Å². The van der Waals surface area contributed by atoms with Crippen molar-refractivity contribution in [2.75, 3.05) is 23.8 Å². The molecule has 294 valence electrons. The number of alkyl carbamates (subject to hydrolysis) is 1. The second kappa shape index (κ2) is 17.9. The van der Waals surface area contributed by atoms with Crippen LogP contribution in [0.4, 0.5) is 16.3 Å². The van der Waals surface area contributed by atoms with Crippen LogP contribution in [0, 0.1) is 5.92 Å². The maximum Gasteiger partial charge on any atom is 0.407 e. The molecule has 0 spiro atoms. The molecule has 21 heteroatoms. The number of hydrogen-bond donors (Lipinski definition) is 9. The number of ether oxygens (including phenoxy) is 2. The van der Waals surface area contributed by atoms with Gasteiger partial charge in [-0.3, -0.25) is 28.9 Å². The summed E-state index contributed by atoms with van der Waals surface area (Å²) in [5.41, 5.74) is 1.67. The van der Waals surface area contributed by atoms with Gasteiger partial charge < -0.3 is 56.4 Å². The fraction of sp³-hybridized carbons (Fsp3) is 0.441. The summed E-state index contributed by atoms with van der Waals surface area (Å²) >= 11 is 0. The number of aliphatic hydroxyl groups excluding tert-OH is 3. The van der Waals surface area contributed by atoms with Crippen LogP contribution in [-0.2, 0) is 40.1 Å². The first-order valence-electron chi connectivity index (χ1n) is 17.2. The topological polar surface area (TPSA) is 299 Å². The molecule has 1 aromatic carbocycles. The van der Waals surface area contributed by atoms with Gasteiger partial charge in [0.05, 0.1) is 19.0 Å². The minimum absolute atomic E-state index is 0.141. The van der Waals surface area contributed by atoms with Gasteiger partial charge in [-0.15, -0.1) is 0 Å². The summed E-state index contributed by atoms with van der Waals surface area (Å²) in [7, 11) is 0. The van der Waals surface area contributed by atoms with Crippen molar-refractivity contribution >= 4 is 58.3 Å². The largest absolute Gasteiger partial charge is 0.445 e. The second-order valence-electron chi connectivity index (χ2n) is 13.1. The molecule has 0 bridgehead atoms. The highest BCUT2D eigenvalue weighted by Gasteiger charge is 2.45. The van der Waals surface area contributed by atoms with Crippen LogP contribution < -0.4 is 26.6 Å². The van der Waals surface area contributed by atoms with E-state index in [4.69, 9.17) is 9.47 Å². The number of benzene rings is 1. The number of carbonyl (C=O) groups is 6. The summed E-state index contributed by atoms with van der Waals surface area (Å²) in [6.45, 7) is 3.91. The number of aliphatic hydroxyl groups is 3. The highest BCUT2D eigenvalue weighted by atomic mass is 16.6. The van der Waals surface area contributed by atoms with Crippen molar-refractivity contribution in [3.63, 3.8) is 0 Å². The Morgan fingerprint density at radius 1 is 0.964 bits per heavy atom. The van der Waals surface area contributed by atoms with Crippen LogP contribution in [0.25, 0.3) is 11.2 Å². The third-order valence-electron chi connectivity index (χ3n) is 8.79. The molecule has 5 rings (SSSR count). The number of nitrogens with zero attached hydrogens (tertiary/aromatic N) is 4. The Hall–Kier alpha value is -6.03. The van der Waals surface area contributed by atoms with E-state index in [-0.39, 0.29) is 31.3 Å². The van der Waals surface area contributed by atoms with Crippen molar-refractivity contribution in [3.05, 3.63) is 54.6 Å². The fourth-order valence-electron chi connectivity index (χ4n) is 5.70. The second-order valence-corrected chi connectivity index (χ2v) is 13.1. The number of carbonyl (C=O) groups excluding carboxylic acids is 6. The Kier molecular flexibility index (Phi) is 13.0. The van der Waals surface area contributed by atoms with Gasteiger partial charge >= 0.3 is 6.09 Å². The Morgan fingerprint density at radius 3 is 2.35 bits per heavy atom. The first-order valence-corrected chi connectivity index (χ1v) is 17.2. The van der Waals surface area contributed by atoms with Gasteiger partial charge in [-0.2, -0.15) is 0 Å². The predicted octanol–water partition coefficient (Wildman–Crippen LogP) is -1.60. The molecule has 2 aromatic heterocycles. The van der Waals surface area contributed by atoms with E-state index in [0.717, 1.165) is 17.1 Å². The highest BCUT2D eigenvalue weighted by Crippen LogP contribution is 2.25. The molecule has 0 saturated carbocycles. The molecule has 0 radical (unpaired) electrons. The number of fused-ring (bicyclic) bond motifs is 1. The first kappa shape index (κ1) is 40.2. The van der Waals surface area contributed by atoms with E-state index in [9.17, 15) is 44.1 Å². The van der Waals surface area contributed by atoms with Crippen molar-refractivity contribution in [1.29, 1.82) is 0 Å². The summed E-state index contributed by atoms with van der Waals surface area (Å²) in [6.07, 6.45) is -1.79. The Morgan fingerprint density at radius 2 is 1.67 bits per heavy atom. The molecule has 3 aromatic rings. The molecule has 21 nitrogen and oxygen atoms in total. The highest BCUT2D eigenvalue weighted by molar-refractivity contribution is 6.13. The van der Waals surface area contributed by atoms with Crippen LogP contribution in [0.3, 0.4) is 0 Å². The smallest absolute Gasteiger partial charge is 0.407 e. The quantitative estimate of drug-likeness (QED) is 0.0787. The van der Waals surface area contributed by atoms with Crippen LogP contribution in [0.2, 0.25) is 0 Å². The molecule has 0 unspecified atom stereocenters. The van der Waals surface area contributed by atoms with Crippen LogP contribution in [0.5, 0.6) is 0 Å². The molecular formula is C34H42N10O11. The minimum atomic E-state index is -1.58. The van der Waals surface area contributed by atoms with Crippen LogP contribution in [0.1, 0.15) is 32.8 Å². The number of nitrogens with one attached hydrogen (secondary N) is 6. The molecule has 4 heterocycles. The lowest BCUT2D eigenvalue weighted by Gasteiger charge is -2.42. The zero-order chi connectivity index (χ0) is 39.8. The molecule has 9 N–H and O–H groups in total. The van der Waals surface area contributed by atoms with Crippen molar-refractivity contribution < 1.29 is 53.6 Å². The average Bonchev–Trinajstić information content (AvgIpc) is 3.78. The number of aromatic nitrogens is 4. The van der Waals surface area contributed by atoms with E-state index in [1.807, 2.05) is 0 Å². The number of rotatable bonds is 15. The maximum absolute atomic E-state index is 13.0. The third-order valence-corrected chi connectivity index (χ3v) is 8.79. The zero-order valence-electron chi connectivity index (χ0n) is 30.0. The van der Waals surface area contributed by atoms with Crippen molar-refractivity contribution in [2.45, 2.75) is 76.5 Å². The van der Waals surface area contributed by atoms with E-state index in [1.54, 1.807) is 38.1 Å². The summed E-state index contributed by atoms with van der Waals surface area (Å²) in [5, 5.41) is 44.7. The van der Waals surface area contributed by atoms with Crippen molar-refractivity contribution in [2.24, 2.45) is 5.92 Å². The van der Waals surface area contributed by atoms with E-state index >= 15 is 0 Å². The lowest BCUT2D eigenvalue weighted by molar-refractivity contribution is -0.182. The van der Waals surface area contributed by atoms with E-state index in [0.29, 0.717) is 22.4 Å². The number of imide groups is 1. The molecule has 6 amide bonds. The third kappa shape index (κ3) is 9.94. The number of anilines is 2. The average molecular weight is 767 g/mol. The monoisotopic (exact) mass is 766 g/mol. The molecule has 0 aliphatic carbocycles. The molecule has 55 heavy (non-hydrogen) atoms.